The molecule has 0 fully saturated rings. The molecule has 0 saturated heterocycles. The molecule has 1 atom stereocenters. The van der Waals surface area contributed by atoms with E-state index in [1.165, 1.54) is 6.07 Å². The molecule has 2 rings (SSSR count). The van der Waals surface area contributed by atoms with Crippen LogP contribution in [0.4, 0.5) is 13.2 Å². The number of amides is 1. The minimum atomic E-state index is -4.28. The number of carboxylic acids is 1. The number of hydrogen-bond acceptors (Lipinski definition) is 2. The molecule has 2 aromatic rings. The summed E-state index contributed by atoms with van der Waals surface area (Å²) in [4.78, 5) is 24.4. The van der Waals surface area contributed by atoms with E-state index in [-0.39, 0.29) is 24.9 Å². The molecular weight excluding hydrogens is 439 g/mol. The summed E-state index contributed by atoms with van der Waals surface area (Å²) in [5.74, 6) is -3.59. The first-order valence-electron chi connectivity index (χ1n) is 8.57. The van der Waals surface area contributed by atoms with Crippen LogP contribution in [0.15, 0.2) is 53.0 Å². The average Bonchev–Trinajstić information content (AvgIpc) is 2.61. The molecule has 1 unspecified atom stereocenters. The summed E-state index contributed by atoms with van der Waals surface area (Å²) in [7, 11) is 0. The first kappa shape index (κ1) is 21.9. The van der Waals surface area contributed by atoms with E-state index in [1.54, 1.807) is 36.4 Å². The van der Waals surface area contributed by atoms with Gasteiger partial charge in [-0.1, -0.05) is 52.3 Å². The van der Waals surface area contributed by atoms with Crippen LogP contribution in [0.5, 0.6) is 0 Å². The number of rotatable bonds is 8. The zero-order valence-electron chi connectivity index (χ0n) is 14.8. The third-order valence-corrected chi connectivity index (χ3v) is 4.64. The standard InChI is InChI=1S/C20H19BrF3NO3/c21-15-9-8-14(7-4-10-20(22,23)24)16(11-15)17(19(27)28)18(26)25-12-13-5-2-1-3-6-13/h1-3,5-6,8-9,11,17H,4,7,10,12H2,(H,25,26)(H,27,28). The van der Waals surface area contributed by atoms with Gasteiger partial charge in [0.25, 0.3) is 0 Å². The van der Waals surface area contributed by atoms with E-state index in [4.69, 9.17) is 0 Å². The Morgan fingerprint density at radius 3 is 2.39 bits per heavy atom. The lowest BCUT2D eigenvalue weighted by molar-refractivity contribution is -0.143. The topological polar surface area (TPSA) is 66.4 Å². The zero-order valence-corrected chi connectivity index (χ0v) is 16.4. The van der Waals surface area contributed by atoms with E-state index in [0.29, 0.717) is 10.0 Å². The van der Waals surface area contributed by atoms with E-state index in [1.807, 2.05) is 6.07 Å². The Labute approximate surface area is 168 Å². The Hall–Kier alpha value is -2.35. The van der Waals surface area contributed by atoms with Gasteiger partial charge in [-0.2, -0.15) is 13.2 Å². The lowest BCUT2D eigenvalue weighted by atomic mass is 9.91. The average molecular weight is 458 g/mol. The number of aliphatic carboxylic acids is 1. The third kappa shape index (κ3) is 6.67. The number of carboxylic acid groups (broad SMARTS) is 1. The van der Waals surface area contributed by atoms with Crippen molar-refractivity contribution >= 4 is 27.8 Å². The molecule has 8 heteroatoms. The highest BCUT2D eigenvalue weighted by Gasteiger charge is 2.31. The zero-order chi connectivity index (χ0) is 20.7. The smallest absolute Gasteiger partial charge is 0.389 e. The van der Waals surface area contributed by atoms with E-state index in [0.717, 1.165) is 5.56 Å². The van der Waals surface area contributed by atoms with E-state index < -0.39 is 30.4 Å². The molecule has 1 amide bonds. The lowest BCUT2D eigenvalue weighted by Gasteiger charge is -2.18. The number of benzene rings is 2. The fourth-order valence-corrected chi connectivity index (χ4v) is 3.19. The second-order valence-electron chi connectivity index (χ2n) is 6.29. The van der Waals surface area contributed by atoms with Crippen molar-refractivity contribution in [3.05, 3.63) is 69.7 Å². The lowest BCUT2D eigenvalue weighted by Crippen LogP contribution is -2.34. The summed E-state index contributed by atoms with van der Waals surface area (Å²) in [5.41, 5.74) is 1.41. The van der Waals surface area contributed by atoms with Gasteiger partial charge in [-0.15, -0.1) is 0 Å². The van der Waals surface area contributed by atoms with Gasteiger partial charge < -0.3 is 10.4 Å². The van der Waals surface area contributed by atoms with E-state index >= 15 is 0 Å². The van der Waals surface area contributed by atoms with Gasteiger partial charge in [-0.3, -0.25) is 9.59 Å². The second-order valence-corrected chi connectivity index (χ2v) is 7.20. The predicted octanol–water partition coefficient (Wildman–Crippen LogP) is 4.82. The Morgan fingerprint density at radius 1 is 1.11 bits per heavy atom. The quantitative estimate of drug-likeness (QED) is 0.558. The van der Waals surface area contributed by atoms with Crippen molar-refractivity contribution in [1.29, 1.82) is 0 Å². The minimum Gasteiger partial charge on any atom is -0.480 e. The van der Waals surface area contributed by atoms with Gasteiger partial charge in [-0.25, -0.2) is 0 Å². The number of hydrogen-bond donors (Lipinski definition) is 2. The molecular formula is C20H19BrF3NO3. The number of halogens is 4. The highest BCUT2D eigenvalue weighted by molar-refractivity contribution is 9.10. The molecule has 0 spiro atoms. The van der Waals surface area contributed by atoms with E-state index in [9.17, 15) is 27.9 Å². The number of alkyl halides is 3. The van der Waals surface area contributed by atoms with Gasteiger partial charge in [0.2, 0.25) is 5.91 Å². The van der Waals surface area contributed by atoms with Crippen LogP contribution in [0.25, 0.3) is 0 Å². The maximum atomic E-state index is 12.6. The molecule has 0 bridgehead atoms. The predicted molar refractivity (Wildman–Crippen MR) is 102 cm³/mol. The summed E-state index contributed by atoms with van der Waals surface area (Å²) in [5, 5.41) is 12.2. The van der Waals surface area contributed by atoms with Crippen LogP contribution in [0.2, 0.25) is 0 Å². The molecule has 2 N–H and O–H groups in total. The summed E-state index contributed by atoms with van der Waals surface area (Å²) in [6.45, 7) is 0.154. The molecule has 0 aliphatic carbocycles. The van der Waals surface area contributed by atoms with Crippen LogP contribution in [-0.4, -0.2) is 23.2 Å². The highest BCUT2D eigenvalue weighted by atomic mass is 79.9. The van der Waals surface area contributed by atoms with E-state index in [2.05, 4.69) is 21.2 Å². The normalized spacial score (nSPS) is 12.4. The van der Waals surface area contributed by atoms with Gasteiger partial charge in [0.05, 0.1) is 0 Å². The number of nitrogens with one attached hydrogen (secondary N) is 1. The van der Waals surface area contributed by atoms with Crippen molar-refractivity contribution in [2.24, 2.45) is 0 Å². The Kier molecular flexibility index (Phi) is 7.62. The molecule has 0 radical (unpaired) electrons. The first-order valence-corrected chi connectivity index (χ1v) is 9.36. The second kappa shape index (κ2) is 9.73. The van der Waals surface area contributed by atoms with Crippen LogP contribution in [0, 0.1) is 0 Å². The molecule has 4 nitrogen and oxygen atoms in total. The third-order valence-electron chi connectivity index (χ3n) is 4.14. The monoisotopic (exact) mass is 457 g/mol. The highest BCUT2D eigenvalue weighted by Crippen LogP contribution is 2.28. The van der Waals surface area contributed by atoms with Crippen molar-refractivity contribution in [3.63, 3.8) is 0 Å². The SMILES string of the molecule is O=C(O)C(C(=O)NCc1ccccc1)c1cc(Br)ccc1CCCC(F)(F)F. The van der Waals surface area contributed by atoms with Gasteiger partial charge >= 0.3 is 12.1 Å². The maximum absolute atomic E-state index is 12.6. The molecule has 0 aliphatic rings. The number of aryl methyl sites for hydroxylation is 1. The van der Waals surface area contributed by atoms with Gasteiger partial charge in [0.15, 0.2) is 5.92 Å². The van der Waals surface area contributed by atoms with Crippen LogP contribution in [0.1, 0.15) is 35.4 Å². The number of carbonyl (C=O) groups is 2. The summed E-state index contributed by atoms with van der Waals surface area (Å²) in [6.07, 6.45) is -5.41. The molecule has 150 valence electrons. The molecule has 0 saturated carbocycles. The van der Waals surface area contributed by atoms with Crippen LogP contribution in [0.3, 0.4) is 0 Å². The summed E-state index contributed by atoms with van der Waals surface area (Å²) < 4.78 is 37.8. The molecule has 28 heavy (non-hydrogen) atoms. The van der Waals surface area contributed by atoms with Crippen LogP contribution < -0.4 is 5.32 Å². The summed E-state index contributed by atoms with van der Waals surface area (Å²) in [6, 6.07) is 13.6. The molecule has 2 aromatic carbocycles. The molecule has 0 heterocycles. The van der Waals surface area contributed by atoms with Gasteiger partial charge in [0, 0.05) is 17.4 Å². The Balaban J connectivity index is 2.20. The van der Waals surface area contributed by atoms with Crippen molar-refractivity contribution in [2.75, 3.05) is 0 Å². The Morgan fingerprint density at radius 2 is 1.79 bits per heavy atom. The fourth-order valence-electron chi connectivity index (χ4n) is 2.81. The minimum absolute atomic E-state index is 0.0257. The van der Waals surface area contributed by atoms with Crippen molar-refractivity contribution in [2.45, 2.75) is 37.9 Å². The maximum Gasteiger partial charge on any atom is 0.389 e. The number of carbonyl (C=O) groups excluding carboxylic acids is 1. The largest absolute Gasteiger partial charge is 0.480 e. The van der Waals surface area contributed by atoms with Gasteiger partial charge in [-0.05, 0) is 41.7 Å². The molecule has 0 aliphatic heterocycles. The first-order chi connectivity index (χ1) is 13.2. The Bertz CT molecular complexity index is 825. The summed E-state index contributed by atoms with van der Waals surface area (Å²) >= 11 is 3.23. The van der Waals surface area contributed by atoms with Gasteiger partial charge in [0.1, 0.15) is 0 Å². The van der Waals surface area contributed by atoms with Crippen LogP contribution >= 0.6 is 15.9 Å². The molecule has 0 aromatic heterocycles. The fraction of sp³-hybridized carbons (Fsp3) is 0.300. The van der Waals surface area contributed by atoms with Crippen molar-refractivity contribution in [3.8, 4) is 0 Å². The van der Waals surface area contributed by atoms with Crippen molar-refractivity contribution < 1.29 is 27.9 Å². The van der Waals surface area contributed by atoms with Crippen LogP contribution in [-0.2, 0) is 22.6 Å². The van der Waals surface area contributed by atoms with Crippen molar-refractivity contribution in [1.82, 2.24) is 5.32 Å².